The summed E-state index contributed by atoms with van der Waals surface area (Å²) in [6, 6.07) is 11.9. The summed E-state index contributed by atoms with van der Waals surface area (Å²) in [6.07, 6.45) is 0.401. The minimum atomic E-state index is -0.888. The number of halogens is 1. The number of aromatic nitrogens is 1. The number of fused-ring (bicyclic) bond motifs is 3. The molecule has 0 bridgehead atoms. The summed E-state index contributed by atoms with van der Waals surface area (Å²) < 4.78 is 5.67. The maximum absolute atomic E-state index is 11.7. The second-order valence-corrected chi connectivity index (χ2v) is 7.34. The number of carbonyl (C=O) groups excluding carboxylic acids is 1. The molecule has 27 heavy (non-hydrogen) atoms. The van der Waals surface area contributed by atoms with Crippen LogP contribution in [0, 0.1) is 0 Å². The number of aliphatic carboxylic acids is 1. The van der Waals surface area contributed by atoms with Gasteiger partial charge in [-0.1, -0.05) is 24.3 Å². The van der Waals surface area contributed by atoms with Crippen molar-refractivity contribution in [3.05, 3.63) is 69.3 Å². The second kappa shape index (κ2) is 6.83. The van der Waals surface area contributed by atoms with Crippen molar-refractivity contribution in [2.24, 2.45) is 0 Å². The number of esters is 1. The SMILES string of the molecule is COC(=O)c1ccc([C@@H]2N[C@@H](C(=O)O)Cc3c2[nH]c2c(Br)cccc32)cc1. The number of carboxylic acids is 1. The van der Waals surface area contributed by atoms with Gasteiger partial charge in [-0.2, -0.15) is 0 Å². The van der Waals surface area contributed by atoms with Gasteiger partial charge in [-0.25, -0.2) is 4.79 Å². The quantitative estimate of drug-likeness (QED) is 0.556. The molecule has 3 N–H and O–H groups in total. The number of benzene rings is 2. The number of rotatable bonds is 3. The molecule has 1 aromatic heterocycles. The predicted molar refractivity (Wildman–Crippen MR) is 104 cm³/mol. The van der Waals surface area contributed by atoms with Gasteiger partial charge in [0.1, 0.15) is 6.04 Å². The number of H-pyrrole nitrogens is 1. The van der Waals surface area contributed by atoms with Crippen LogP contribution in [-0.4, -0.2) is 35.2 Å². The third kappa shape index (κ3) is 3.02. The molecule has 0 spiro atoms. The molecule has 3 aromatic rings. The summed E-state index contributed by atoms with van der Waals surface area (Å²) >= 11 is 3.56. The zero-order chi connectivity index (χ0) is 19.1. The smallest absolute Gasteiger partial charge is 0.337 e. The first kappa shape index (κ1) is 17.8. The van der Waals surface area contributed by atoms with Gasteiger partial charge >= 0.3 is 11.9 Å². The highest BCUT2D eigenvalue weighted by Crippen LogP contribution is 2.37. The first-order chi connectivity index (χ1) is 13.0. The van der Waals surface area contributed by atoms with Crippen molar-refractivity contribution in [3.63, 3.8) is 0 Å². The molecule has 6 nitrogen and oxygen atoms in total. The molecule has 2 heterocycles. The molecule has 2 aromatic carbocycles. The van der Waals surface area contributed by atoms with E-state index in [-0.39, 0.29) is 6.04 Å². The van der Waals surface area contributed by atoms with Crippen molar-refractivity contribution >= 4 is 38.8 Å². The average Bonchev–Trinajstić information content (AvgIpc) is 3.07. The first-order valence-corrected chi connectivity index (χ1v) is 9.25. The van der Waals surface area contributed by atoms with Gasteiger partial charge in [0.25, 0.3) is 0 Å². The van der Waals surface area contributed by atoms with Crippen molar-refractivity contribution in [2.45, 2.75) is 18.5 Å². The minimum Gasteiger partial charge on any atom is -0.480 e. The highest BCUT2D eigenvalue weighted by molar-refractivity contribution is 9.10. The van der Waals surface area contributed by atoms with E-state index in [0.29, 0.717) is 12.0 Å². The number of methoxy groups -OCH3 is 1. The summed E-state index contributed by atoms with van der Waals surface area (Å²) in [5.74, 6) is -1.29. The van der Waals surface area contributed by atoms with Crippen LogP contribution in [0.5, 0.6) is 0 Å². The van der Waals surface area contributed by atoms with Gasteiger partial charge in [0.05, 0.1) is 24.2 Å². The first-order valence-electron chi connectivity index (χ1n) is 8.45. The van der Waals surface area contributed by atoms with Crippen LogP contribution in [-0.2, 0) is 16.0 Å². The highest BCUT2D eigenvalue weighted by atomic mass is 79.9. The normalized spacial score (nSPS) is 18.9. The number of hydrogen-bond donors (Lipinski definition) is 3. The van der Waals surface area contributed by atoms with Gasteiger partial charge in [-0.15, -0.1) is 0 Å². The van der Waals surface area contributed by atoms with Crippen LogP contribution in [0.25, 0.3) is 10.9 Å². The van der Waals surface area contributed by atoms with E-state index in [1.807, 2.05) is 30.3 Å². The van der Waals surface area contributed by atoms with Crippen molar-refractivity contribution in [3.8, 4) is 0 Å². The summed E-state index contributed by atoms with van der Waals surface area (Å²) in [5.41, 5.74) is 4.22. The van der Waals surface area contributed by atoms with Crippen LogP contribution < -0.4 is 5.32 Å². The Bertz CT molecular complexity index is 1040. The van der Waals surface area contributed by atoms with Crippen LogP contribution in [0.3, 0.4) is 0 Å². The Morgan fingerprint density at radius 3 is 2.59 bits per heavy atom. The van der Waals surface area contributed by atoms with Crippen molar-refractivity contribution in [1.82, 2.24) is 10.3 Å². The molecule has 0 aliphatic carbocycles. The number of para-hydroxylation sites is 1. The maximum atomic E-state index is 11.7. The third-order valence-electron chi connectivity index (χ3n) is 4.95. The Balaban J connectivity index is 1.83. The number of aromatic amines is 1. The molecular weight excluding hydrogens is 412 g/mol. The van der Waals surface area contributed by atoms with Gasteiger partial charge in [0.15, 0.2) is 0 Å². The third-order valence-corrected chi connectivity index (χ3v) is 5.61. The zero-order valence-electron chi connectivity index (χ0n) is 14.5. The fourth-order valence-electron chi connectivity index (χ4n) is 3.62. The van der Waals surface area contributed by atoms with E-state index >= 15 is 0 Å². The van der Waals surface area contributed by atoms with Crippen LogP contribution in [0.1, 0.15) is 33.2 Å². The van der Waals surface area contributed by atoms with Crippen LogP contribution in [0.4, 0.5) is 0 Å². The maximum Gasteiger partial charge on any atom is 0.337 e. The van der Waals surface area contributed by atoms with Crippen molar-refractivity contribution in [1.29, 1.82) is 0 Å². The van der Waals surface area contributed by atoms with Crippen molar-refractivity contribution < 1.29 is 19.4 Å². The van der Waals surface area contributed by atoms with E-state index in [0.717, 1.165) is 32.2 Å². The number of carboxylic acid groups (broad SMARTS) is 1. The Hall–Kier alpha value is -2.64. The lowest BCUT2D eigenvalue weighted by molar-refractivity contribution is -0.139. The predicted octanol–water partition coefficient (Wildman–Crippen LogP) is 3.41. The van der Waals surface area contributed by atoms with E-state index in [2.05, 4.69) is 26.2 Å². The number of ether oxygens (including phenoxy) is 1. The average molecular weight is 429 g/mol. The Morgan fingerprint density at radius 2 is 1.93 bits per heavy atom. The van der Waals surface area contributed by atoms with Gasteiger partial charge in [-0.05, 0) is 45.3 Å². The highest BCUT2D eigenvalue weighted by Gasteiger charge is 2.34. The molecule has 0 saturated heterocycles. The fraction of sp³-hybridized carbons (Fsp3) is 0.200. The van der Waals surface area contributed by atoms with Crippen LogP contribution in [0.15, 0.2) is 46.9 Å². The molecule has 1 aliphatic rings. The number of carbonyl (C=O) groups is 2. The van der Waals surface area contributed by atoms with Gasteiger partial charge in [-0.3, -0.25) is 10.1 Å². The standard InChI is InChI=1S/C20H17BrN2O4/c1-27-20(26)11-7-5-10(6-8-11)16-18-13(9-15(22-16)19(24)25)12-3-2-4-14(21)17(12)23-18/h2-8,15-16,22-23H,9H2,1H3,(H,24,25)/t15-,16+/m1/s1. The molecule has 0 radical (unpaired) electrons. The molecule has 1 aliphatic heterocycles. The van der Waals surface area contributed by atoms with E-state index in [9.17, 15) is 14.7 Å². The monoisotopic (exact) mass is 428 g/mol. The molecule has 4 rings (SSSR count). The zero-order valence-corrected chi connectivity index (χ0v) is 16.0. The van der Waals surface area contributed by atoms with Crippen LogP contribution >= 0.6 is 15.9 Å². The lowest BCUT2D eigenvalue weighted by atomic mass is 9.90. The van der Waals surface area contributed by atoms with E-state index in [1.165, 1.54) is 7.11 Å². The number of hydrogen-bond acceptors (Lipinski definition) is 4. The summed E-state index contributed by atoms with van der Waals surface area (Å²) in [4.78, 5) is 26.8. The molecule has 138 valence electrons. The van der Waals surface area contributed by atoms with Crippen LogP contribution in [0.2, 0.25) is 0 Å². The molecule has 0 saturated carbocycles. The Kier molecular flexibility index (Phi) is 4.49. The summed E-state index contributed by atoms with van der Waals surface area (Å²) in [6.45, 7) is 0. The van der Waals surface area contributed by atoms with Gasteiger partial charge < -0.3 is 14.8 Å². The topological polar surface area (TPSA) is 91.4 Å². The summed E-state index contributed by atoms with van der Waals surface area (Å²) in [7, 11) is 1.34. The molecular formula is C20H17BrN2O4. The Labute approximate surface area is 163 Å². The fourth-order valence-corrected chi connectivity index (χ4v) is 4.09. The van der Waals surface area contributed by atoms with Gasteiger partial charge in [0.2, 0.25) is 0 Å². The molecule has 0 fully saturated rings. The van der Waals surface area contributed by atoms with E-state index < -0.39 is 18.0 Å². The van der Waals surface area contributed by atoms with Crippen molar-refractivity contribution in [2.75, 3.05) is 7.11 Å². The minimum absolute atomic E-state index is 0.319. The molecule has 0 unspecified atom stereocenters. The molecule has 7 heteroatoms. The summed E-state index contributed by atoms with van der Waals surface area (Å²) in [5, 5.41) is 13.8. The van der Waals surface area contributed by atoms with Gasteiger partial charge in [0, 0.05) is 22.0 Å². The van der Waals surface area contributed by atoms with E-state index in [1.54, 1.807) is 12.1 Å². The lowest BCUT2D eigenvalue weighted by Gasteiger charge is -2.29. The molecule has 0 amide bonds. The molecule has 2 atom stereocenters. The second-order valence-electron chi connectivity index (χ2n) is 6.49. The number of nitrogens with one attached hydrogen (secondary N) is 2. The van der Waals surface area contributed by atoms with E-state index in [4.69, 9.17) is 4.74 Å². The largest absolute Gasteiger partial charge is 0.480 e. The lowest BCUT2D eigenvalue weighted by Crippen LogP contribution is -2.44. The Morgan fingerprint density at radius 1 is 1.19 bits per heavy atom.